The van der Waals surface area contributed by atoms with E-state index < -0.39 is 11.7 Å². The summed E-state index contributed by atoms with van der Waals surface area (Å²) >= 11 is 6.01. The van der Waals surface area contributed by atoms with Gasteiger partial charge in [0.2, 0.25) is 0 Å². The molecular formula is C22H28ClN5O3. The predicted molar refractivity (Wildman–Crippen MR) is 123 cm³/mol. The van der Waals surface area contributed by atoms with E-state index in [1.54, 1.807) is 40.7 Å². The summed E-state index contributed by atoms with van der Waals surface area (Å²) in [5.41, 5.74) is 0.359. The van der Waals surface area contributed by atoms with Crippen LogP contribution in [0.3, 0.4) is 0 Å². The lowest BCUT2D eigenvalue weighted by atomic mass is 10.2. The number of nitrogens with one attached hydrogen (secondary N) is 2. The molecule has 0 saturated carbocycles. The quantitative estimate of drug-likeness (QED) is 0.666. The number of rotatable bonds is 5. The first kappa shape index (κ1) is 22.7. The average molecular weight is 446 g/mol. The highest BCUT2D eigenvalue weighted by atomic mass is 35.5. The van der Waals surface area contributed by atoms with Crippen LogP contribution in [0.25, 0.3) is 5.69 Å². The molecule has 1 unspecified atom stereocenters. The largest absolute Gasteiger partial charge is 0.444 e. The van der Waals surface area contributed by atoms with Gasteiger partial charge in [-0.3, -0.25) is 9.13 Å². The van der Waals surface area contributed by atoms with Gasteiger partial charge in [-0.2, -0.15) is 0 Å². The van der Waals surface area contributed by atoms with Crippen LogP contribution >= 0.6 is 11.6 Å². The molecule has 2 heterocycles. The lowest BCUT2D eigenvalue weighted by Gasteiger charge is -2.24. The summed E-state index contributed by atoms with van der Waals surface area (Å²) in [6.07, 6.45) is 1.67. The molecule has 3 rings (SSSR count). The van der Waals surface area contributed by atoms with Crippen molar-refractivity contribution in [1.29, 1.82) is 5.41 Å². The third-order valence-electron chi connectivity index (χ3n) is 4.95. The van der Waals surface area contributed by atoms with E-state index in [9.17, 15) is 9.59 Å². The maximum absolute atomic E-state index is 13.6. The number of nitrogens with zero attached hydrogens (tertiary/aromatic N) is 3. The Labute approximate surface area is 186 Å². The normalized spacial score (nSPS) is 16.3. The molecule has 1 aromatic heterocycles. The van der Waals surface area contributed by atoms with Gasteiger partial charge < -0.3 is 20.4 Å². The molecule has 1 aliphatic rings. The third kappa shape index (κ3) is 4.69. The summed E-state index contributed by atoms with van der Waals surface area (Å²) in [6.45, 7) is 11.6. The fourth-order valence-corrected chi connectivity index (χ4v) is 3.84. The van der Waals surface area contributed by atoms with Crippen LogP contribution in [0.15, 0.2) is 41.8 Å². The van der Waals surface area contributed by atoms with Crippen molar-refractivity contribution in [2.24, 2.45) is 0 Å². The molecule has 0 bridgehead atoms. The Balaban J connectivity index is 2.06. The number of likely N-dealkylation sites (tertiary alicyclic amines) is 1. The van der Waals surface area contributed by atoms with Crippen molar-refractivity contribution < 1.29 is 9.53 Å². The number of aromatic nitrogens is 2. The van der Waals surface area contributed by atoms with Crippen molar-refractivity contribution >= 4 is 29.2 Å². The highest BCUT2D eigenvalue weighted by Gasteiger charge is 2.34. The highest BCUT2D eigenvalue weighted by Crippen LogP contribution is 2.29. The van der Waals surface area contributed by atoms with Crippen LogP contribution in [0.2, 0.25) is 5.02 Å². The average Bonchev–Trinajstić information content (AvgIpc) is 3.24. The van der Waals surface area contributed by atoms with Gasteiger partial charge in [-0.15, -0.1) is 0 Å². The number of hydrogen-bond donors (Lipinski definition) is 2. The Morgan fingerprint density at radius 1 is 1.32 bits per heavy atom. The van der Waals surface area contributed by atoms with E-state index in [1.807, 2.05) is 20.8 Å². The second kappa shape index (κ2) is 8.63. The standard InChI is InChI=1S/C22H28ClN5O3/c1-6-25-19-18(14(2)24)27(16-9-7-15(23)8-10-16)20(29)28(19)17-11-12-26(13-17)21(30)31-22(3,4)5/h6-10,17,24-25H,1,11-13H2,2-5H3. The van der Waals surface area contributed by atoms with Gasteiger partial charge in [0, 0.05) is 18.1 Å². The first-order valence-corrected chi connectivity index (χ1v) is 10.5. The summed E-state index contributed by atoms with van der Waals surface area (Å²) in [5, 5.41) is 11.9. The van der Waals surface area contributed by atoms with E-state index in [0.717, 1.165) is 0 Å². The van der Waals surface area contributed by atoms with Crippen LogP contribution < -0.4 is 11.0 Å². The number of halogens is 1. The van der Waals surface area contributed by atoms with Crippen LogP contribution in [0.5, 0.6) is 0 Å². The van der Waals surface area contributed by atoms with Gasteiger partial charge in [-0.25, -0.2) is 9.59 Å². The van der Waals surface area contributed by atoms with E-state index in [0.29, 0.717) is 41.7 Å². The van der Waals surface area contributed by atoms with Crippen molar-refractivity contribution in [3.8, 4) is 5.69 Å². The minimum absolute atomic E-state index is 0.220. The molecule has 0 spiro atoms. The van der Waals surface area contributed by atoms with Crippen molar-refractivity contribution in [3.63, 3.8) is 0 Å². The minimum atomic E-state index is -0.593. The molecule has 1 saturated heterocycles. The molecule has 1 fully saturated rings. The Morgan fingerprint density at radius 2 is 1.97 bits per heavy atom. The molecule has 9 heteroatoms. The van der Waals surface area contributed by atoms with Gasteiger partial charge in [-0.1, -0.05) is 18.2 Å². The molecular weight excluding hydrogens is 418 g/mol. The van der Waals surface area contributed by atoms with Crippen LogP contribution in [0, 0.1) is 5.41 Å². The van der Waals surface area contributed by atoms with Gasteiger partial charge in [-0.05, 0) is 64.6 Å². The highest BCUT2D eigenvalue weighted by molar-refractivity contribution is 6.30. The van der Waals surface area contributed by atoms with Crippen LogP contribution in [-0.2, 0) is 4.74 Å². The first-order valence-electron chi connectivity index (χ1n) is 10.1. The van der Waals surface area contributed by atoms with Gasteiger partial charge in [0.25, 0.3) is 0 Å². The Bertz CT molecular complexity index is 1060. The summed E-state index contributed by atoms with van der Waals surface area (Å²) in [4.78, 5) is 27.7. The van der Waals surface area contributed by atoms with E-state index in [4.69, 9.17) is 21.7 Å². The van der Waals surface area contributed by atoms with E-state index in [-0.39, 0.29) is 17.4 Å². The number of carbonyl (C=O) groups excluding carboxylic acids is 1. The number of hydrogen-bond acceptors (Lipinski definition) is 5. The molecule has 166 valence electrons. The fourth-order valence-electron chi connectivity index (χ4n) is 3.71. The number of amides is 1. The van der Waals surface area contributed by atoms with Crippen molar-refractivity contribution in [1.82, 2.24) is 14.0 Å². The molecule has 31 heavy (non-hydrogen) atoms. The number of imidazole rings is 1. The summed E-state index contributed by atoms with van der Waals surface area (Å²) < 4.78 is 8.57. The molecule has 1 aromatic carbocycles. The molecule has 0 aliphatic carbocycles. The number of carbonyl (C=O) groups is 1. The molecule has 2 N–H and O–H groups in total. The fraction of sp³-hybridized carbons (Fsp3) is 0.409. The first-order chi connectivity index (χ1) is 14.5. The second-order valence-corrected chi connectivity index (χ2v) is 8.94. The molecule has 1 amide bonds. The minimum Gasteiger partial charge on any atom is -0.444 e. The zero-order chi connectivity index (χ0) is 22.9. The maximum atomic E-state index is 13.6. The van der Waals surface area contributed by atoms with Gasteiger partial charge in [0.05, 0.1) is 17.4 Å². The molecule has 1 atom stereocenters. The Morgan fingerprint density at radius 3 is 2.52 bits per heavy atom. The maximum Gasteiger partial charge on any atom is 0.410 e. The molecule has 0 radical (unpaired) electrons. The molecule has 8 nitrogen and oxygen atoms in total. The Hall–Kier alpha value is -3.00. The van der Waals surface area contributed by atoms with Crippen LogP contribution in [0.4, 0.5) is 10.6 Å². The van der Waals surface area contributed by atoms with Gasteiger partial charge in [0.1, 0.15) is 17.1 Å². The monoisotopic (exact) mass is 445 g/mol. The molecule has 2 aromatic rings. The van der Waals surface area contributed by atoms with Gasteiger partial charge in [0.15, 0.2) is 0 Å². The number of benzene rings is 1. The van der Waals surface area contributed by atoms with E-state index >= 15 is 0 Å². The lowest BCUT2D eigenvalue weighted by molar-refractivity contribution is 0.0289. The van der Waals surface area contributed by atoms with Crippen LogP contribution in [-0.4, -0.2) is 44.5 Å². The second-order valence-electron chi connectivity index (χ2n) is 8.50. The summed E-state index contributed by atoms with van der Waals surface area (Å²) in [5.74, 6) is 0.471. The predicted octanol–water partition coefficient (Wildman–Crippen LogP) is 4.42. The van der Waals surface area contributed by atoms with E-state index in [1.165, 1.54) is 10.8 Å². The molecule has 1 aliphatic heterocycles. The van der Waals surface area contributed by atoms with Crippen molar-refractivity contribution in [2.45, 2.75) is 45.8 Å². The van der Waals surface area contributed by atoms with E-state index in [2.05, 4.69) is 11.9 Å². The SMILES string of the molecule is C=CNc1c(C(C)=N)n(-c2ccc(Cl)cc2)c(=O)n1C1CCN(C(=O)OC(C)(C)C)C1. The summed E-state index contributed by atoms with van der Waals surface area (Å²) in [6, 6.07) is 6.60. The lowest BCUT2D eigenvalue weighted by Crippen LogP contribution is -2.36. The topological polar surface area (TPSA) is 92.4 Å². The zero-order valence-corrected chi connectivity index (χ0v) is 19.0. The van der Waals surface area contributed by atoms with Gasteiger partial charge >= 0.3 is 11.8 Å². The van der Waals surface area contributed by atoms with Crippen molar-refractivity contribution in [2.75, 3.05) is 18.4 Å². The Kier molecular flexibility index (Phi) is 6.31. The summed E-state index contributed by atoms with van der Waals surface area (Å²) in [7, 11) is 0. The number of anilines is 1. The number of ether oxygens (including phenoxy) is 1. The van der Waals surface area contributed by atoms with Crippen LogP contribution in [0.1, 0.15) is 45.9 Å². The smallest absolute Gasteiger partial charge is 0.410 e. The third-order valence-corrected chi connectivity index (χ3v) is 5.20. The van der Waals surface area contributed by atoms with Crippen molar-refractivity contribution in [3.05, 3.63) is 58.2 Å². The zero-order valence-electron chi connectivity index (χ0n) is 18.2.